The van der Waals surface area contributed by atoms with Crippen molar-refractivity contribution in [3.8, 4) is 0 Å². The van der Waals surface area contributed by atoms with E-state index in [2.05, 4.69) is 35.8 Å². The smallest absolute Gasteiger partial charge is 0.328 e. The van der Waals surface area contributed by atoms with Gasteiger partial charge >= 0.3 is 5.97 Å². The van der Waals surface area contributed by atoms with Crippen LogP contribution in [0.5, 0.6) is 0 Å². The molecule has 114 valence electrons. The number of nitrogens with zero attached hydrogens (tertiary/aromatic N) is 2. The number of piperazine rings is 1. The number of benzene rings is 1. The van der Waals surface area contributed by atoms with Crippen molar-refractivity contribution >= 4 is 12.0 Å². The molecule has 0 radical (unpaired) electrons. The van der Waals surface area contributed by atoms with Gasteiger partial charge in [0.05, 0.1) is 0 Å². The summed E-state index contributed by atoms with van der Waals surface area (Å²) in [6.07, 6.45) is 2.82. The van der Waals surface area contributed by atoms with Gasteiger partial charge in [-0.3, -0.25) is 9.80 Å². The molecule has 0 amide bonds. The molecule has 0 aliphatic carbocycles. The lowest BCUT2D eigenvalue weighted by molar-refractivity contribution is -0.131. The summed E-state index contributed by atoms with van der Waals surface area (Å²) in [5, 5.41) is 8.68. The Kier molecular flexibility index (Phi) is 5.53. The van der Waals surface area contributed by atoms with Crippen molar-refractivity contribution in [1.82, 2.24) is 9.80 Å². The van der Waals surface area contributed by atoms with Gasteiger partial charge in [0.2, 0.25) is 0 Å². The molecule has 1 atom stereocenters. The maximum absolute atomic E-state index is 10.6. The molecule has 1 aromatic rings. The first-order chi connectivity index (χ1) is 10.1. The Bertz CT molecular complexity index is 513. The van der Waals surface area contributed by atoms with Crippen LogP contribution in [0.4, 0.5) is 0 Å². The van der Waals surface area contributed by atoms with E-state index >= 15 is 0 Å². The third kappa shape index (κ3) is 4.69. The lowest BCUT2D eigenvalue weighted by atomic mass is 10.1. The molecule has 21 heavy (non-hydrogen) atoms. The normalized spacial score (nSPS) is 21.0. The van der Waals surface area contributed by atoms with Gasteiger partial charge in [0, 0.05) is 38.3 Å². The molecule has 1 unspecified atom stereocenters. The molecule has 0 saturated carbocycles. The molecule has 4 nitrogen and oxygen atoms in total. The fraction of sp³-hybridized carbons (Fsp3) is 0.471. The Morgan fingerprint density at radius 2 is 2.24 bits per heavy atom. The number of hydrogen-bond donors (Lipinski definition) is 1. The van der Waals surface area contributed by atoms with Crippen LogP contribution in [0.1, 0.15) is 25.0 Å². The predicted molar refractivity (Wildman–Crippen MR) is 85.1 cm³/mol. The van der Waals surface area contributed by atoms with Crippen LogP contribution in [0.3, 0.4) is 0 Å². The van der Waals surface area contributed by atoms with E-state index < -0.39 is 5.97 Å². The summed E-state index contributed by atoms with van der Waals surface area (Å²) in [6.45, 7) is 9.83. The molecule has 1 saturated heterocycles. The van der Waals surface area contributed by atoms with Crippen LogP contribution in [0, 0.1) is 0 Å². The summed E-state index contributed by atoms with van der Waals surface area (Å²) in [4.78, 5) is 15.5. The number of carbonyl (C=O) groups is 1. The van der Waals surface area contributed by atoms with Crippen molar-refractivity contribution in [3.05, 3.63) is 41.5 Å². The van der Waals surface area contributed by atoms with Crippen LogP contribution in [0.15, 0.2) is 30.3 Å². The van der Waals surface area contributed by atoms with Crippen molar-refractivity contribution in [2.45, 2.75) is 26.4 Å². The van der Waals surface area contributed by atoms with Crippen molar-refractivity contribution in [1.29, 1.82) is 0 Å². The van der Waals surface area contributed by atoms with Gasteiger partial charge in [0.1, 0.15) is 0 Å². The van der Waals surface area contributed by atoms with E-state index in [0.717, 1.165) is 38.3 Å². The van der Waals surface area contributed by atoms with Crippen LogP contribution in [0.25, 0.3) is 6.08 Å². The summed E-state index contributed by atoms with van der Waals surface area (Å²) in [5.74, 6) is -0.912. The van der Waals surface area contributed by atoms with Gasteiger partial charge in [-0.15, -0.1) is 0 Å². The maximum Gasteiger partial charge on any atom is 0.328 e. The fourth-order valence-electron chi connectivity index (χ4n) is 2.90. The van der Waals surface area contributed by atoms with E-state index in [9.17, 15) is 4.79 Å². The zero-order chi connectivity index (χ0) is 15.2. The first-order valence-electron chi connectivity index (χ1n) is 7.55. The highest BCUT2D eigenvalue weighted by Gasteiger charge is 2.21. The minimum atomic E-state index is -0.912. The van der Waals surface area contributed by atoms with Crippen molar-refractivity contribution in [2.24, 2.45) is 0 Å². The molecule has 0 bridgehead atoms. The predicted octanol–water partition coefficient (Wildman–Crippen LogP) is 2.31. The number of carboxylic acid groups (broad SMARTS) is 1. The summed E-state index contributed by atoms with van der Waals surface area (Å²) >= 11 is 0. The van der Waals surface area contributed by atoms with Crippen molar-refractivity contribution in [2.75, 3.05) is 26.2 Å². The van der Waals surface area contributed by atoms with Crippen LogP contribution < -0.4 is 0 Å². The van der Waals surface area contributed by atoms with Crippen molar-refractivity contribution < 1.29 is 9.90 Å². The van der Waals surface area contributed by atoms with E-state index in [1.54, 1.807) is 6.08 Å². The van der Waals surface area contributed by atoms with Gasteiger partial charge < -0.3 is 5.11 Å². The zero-order valence-corrected chi connectivity index (χ0v) is 12.8. The van der Waals surface area contributed by atoms with E-state index in [0.29, 0.717) is 6.04 Å². The van der Waals surface area contributed by atoms with Gasteiger partial charge in [-0.1, -0.05) is 31.2 Å². The van der Waals surface area contributed by atoms with E-state index in [4.69, 9.17) is 5.11 Å². The monoisotopic (exact) mass is 288 g/mol. The second-order valence-electron chi connectivity index (χ2n) is 5.63. The van der Waals surface area contributed by atoms with Gasteiger partial charge in [0.25, 0.3) is 0 Å². The summed E-state index contributed by atoms with van der Waals surface area (Å²) in [5.41, 5.74) is 2.18. The standard InChI is InChI=1S/C17H24N2O2/c1-3-19-10-9-18(12-14(19)2)13-16-6-4-5-15(11-16)7-8-17(20)21/h4-8,11,14H,3,9-10,12-13H2,1-2H3,(H,20,21). The summed E-state index contributed by atoms with van der Waals surface area (Å²) in [6, 6.07) is 8.69. The van der Waals surface area contributed by atoms with E-state index in [-0.39, 0.29) is 0 Å². The Morgan fingerprint density at radius 1 is 1.43 bits per heavy atom. The highest BCUT2D eigenvalue weighted by atomic mass is 16.4. The number of carboxylic acids is 1. The largest absolute Gasteiger partial charge is 0.478 e. The van der Waals surface area contributed by atoms with Crippen LogP contribution in [-0.2, 0) is 11.3 Å². The van der Waals surface area contributed by atoms with Gasteiger partial charge in [-0.05, 0) is 30.7 Å². The highest BCUT2D eigenvalue weighted by molar-refractivity contribution is 5.85. The van der Waals surface area contributed by atoms with Gasteiger partial charge in [-0.25, -0.2) is 4.79 Å². The molecule has 4 heteroatoms. The Balaban J connectivity index is 1.97. The number of aliphatic carboxylic acids is 1. The molecule has 0 spiro atoms. The minimum absolute atomic E-state index is 0.596. The number of likely N-dealkylation sites (N-methyl/N-ethyl adjacent to an activating group) is 1. The maximum atomic E-state index is 10.6. The third-order valence-electron chi connectivity index (χ3n) is 4.03. The van der Waals surface area contributed by atoms with Crippen molar-refractivity contribution in [3.63, 3.8) is 0 Å². The second-order valence-corrected chi connectivity index (χ2v) is 5.63. The quantitative estimate of drug-likeness (QED) is 0.845. The minimum Gasteiger partial charge on any atom is -0.478 e. The molecule has 1 aliphatic rings. The highest BCUT2D eigenvalue weighted by Crippen LogP contribution is 2.14. The lowest BCUT2D eigenvalue weighted by Gasteiger charge is -2.39. The zero-order valence-electron chi connectivity index (χ0n) is 12.8. The van der Waals surface area contributed by atoms with Crippen LogP contribution in [0.2, 0.25) is 0 Å². The fourth-order valence-corrected chi connectivity index (χ4v) is 2.90. The molecule has 1 aromatic carbocycles. The molecule has 1 N–H and O–H groups in total. The Labute approximate surface area is 126 Å². The average Bonchev–Trinajstić information content (AvgIpc) is 2.46. The Morgan fingerprint density at radius 3 is 2.90 bits per heavy atom. The topological polar surface area (TPSA) is 43.8 Å². The first-order valence-corrected chi connectivity index (χ1v) is 7.55. The van der Waals surface area contributed by atoms with Gasteiger partial charge in [-0.2, -0.15) is 0 Å². The molecule has 1 aliphatic heterocycles. The van der Waals surface area contributed by atoms with E-state index in [1.165, 1.54) is 11.6 Å². The molecule has 1 heterocycles. The molecular formula is C17H24N2O2. The number of hydrogen-bond acceptors (Lipinski definition) is 3. The second kappa shape index (κ2) is 7.38. The molecule has 2 rings (SSSR count). The molecule has 0 aromatic heterocycles. The van der Waals surface area contributed by atoms with E-state index in [1.807, 2.05) is 12.1 Å². The SMILES string of the molecule is CCN1CCN(Cc2cccc(C=CC(=O)O)c2)CC1C. The first kappa shape index (κ1) is 15.7. The van der Waals surface area contributed by atoms with Gasteiger partial charge in [0.15, 0.2) is 0 Å². The third-order valence-corrected chi connectivity index (χ3v) is 4.03. The van der Waals surface area contributed by atoms with Crippen LogP contribution in [-0.4, -0.2) is 53.1 Å². The lowest BCUT2D eigenvalue weighted by Crippen LogP contribution is -2.51. The van der Waals surface area contributed by atoms with Crippen LogP contribution >= 0.6 is 0 Å². The average molecular weight is 288 g/mol. The summed E-state index contributed by atoms with van der Waals surface area (Å²) < 4.78 is 0. The summed E-state index contributed by atoms with van der Waals surface area (Å²) in [7, 11) is 0. The molecule has 1 fully saturated rings. The molecular weight excluding hydrogens is 264 g/mol. The number of rotatable bonds is 5. The Hall–Kier alpha value is -1.65.